The average molecular weight is 277 g/mol. The van der Waals surface area contributed by atoms with Crippen molar-refractivity contribution in [2.24, 2.45) is 5.92 Å². The number of nitrogens with zero attached hydrogens (tertiary/aromatic N) is 1. The Balaban J connectivity index is 2.69. The monoisotopic (exact) mass is 277 g/mol. The zero-order chi connectivity index (χ0) is 13.8. The van der Waals surface area contributed by atoms with Gasteiger partial charge >= 0.3 is 0 Å². The van der Waals surface area contributed by atoms with Crippen molar-refractivity contribution in [1.29, 1.82) is 0 Å². The van der Waals surface area contributed by atoms with E-state index in [0.717, 1.165) is 25.9 Å². The Labute approximate surface area is 112 Å². The molecule has 0 saturated carbocycles. The molecule has 2 N–H and O–H groups in total. The second-order valence-electron chi connectivity index (χ2n) is 5.63. The van der Waals surface area contributed by atoms with Crippen molar-refractivity contribution < 1.29 is 8.42 Å². The maximum atomic E-state index is 12.3. The quantitative estimate of drug-likeness (QED) is 0.759. The summed E-state index contributed by atoms with van der Waals surface area (Å²) in [5.74, 6) is 0.470. The smallest absolute Gasteiger partial charge is 0.279 e. The highest BCUT2D eigenvalue weighted by molar-refractivity contribution is 7.87. The van der Waals surface area contributed by atoms with Crippen molar-refractivity contribution in [3.63, 3.8) is 0 Å². The lowest BCUT2D eigenvalue weighted by Crippen LogP contribution is -2.49. The Morgan fingerprint density at radius 3 is 2.22 bits per heavy atom. The number of piperidine rings is 1. The summed E-state index contributed by atoms with van der Waals surface area (Å²) in [6.45, 7) is 10.2. The van der Waals surface area contributed by atoms with Crippen LogP contribution in [-0.2, 0) is 10.2 Å². The Morgan fingerprint density at radius 2 is 1.78 bits per heavy atom. The maximum absolute atomic E-state index is 12.3. The molecule has 1 rings (SSSR count). The molecule has 0 bridgehead atoms. The summed E-state index contributed by atoms with van der Waals surface area (Å²) in [7, 11) is -3.36. The molecule has 0 aliphatic carbocycles. The molecule has 18 heavy (non-hydrogen) atoms. The molecular formula is C12H27N3O2S. The molecule has 108 valence electrons. The van der Waals surface area contributed by atoms with Gasteiger partial charge in [-0.25, -0.2) is 0 Å². The van der Waals surface area contributed by atoms with Gasteiger partial charge in [0.1, 0.15) is 0 Å². The van der Waals surface area contributed by atoms with Crippen LogP contribution in [-0.4, -0.2) is 44.4 Å². The highest BCUT2D eigenvalue weighted by Gasteiger charge is 2.28. The predicted octanol–water partition coefficient (Wildman–Crippen LogP) is 0.939. The summed E-state index contributed by atoms with van der Waals surface area (Å²) in [6.07, 6.45) is 2.11. The first kappa shape index (κ1) is 15.9. The van der Waals surface area contributed by atoms with Gasteiger partial charge < -0.3 is 5.32 Å². The SMILES string of the molecule is CC(C)NS(=O)(=O)N(CC1CCNCC1)C(C)C. The molecule has 0 unspecified atom stereocenters. The molecule has 0 amide bonds. The molecule has 1 aliphatic heterocycles. The van der Waals surface area contributed by atoms with Gasteiger partial charge in [0.25, 0.3) is 10.2 Å². The summed E-state index contributed by atoms with van der Waals surface area (Å²) in [5.41, 5.74) is 0. The molecule has 5 nitrogen and oxygen atoms in total. The Morgan fingerprint density at radius 1 is 1.22 bits per heavy atom. The third kappa shape index (κ3) is 4.84. The molecule has 1 aliphatic rings. The van der Waals surface area contributed by atoms with Gasteiger partial charge in [0.05, 0.1) is 0 Å². The largest absolute Gasteiger partial charge is 0.317 e. The van der Waals surface area contributed by atoms with Crippen LogP contribution in [0.15, 0.2) is 0 Å². The van der Waals surface area contributed by atoms with E-state index in [2.05, 4.69) is 10.0 Å². The summed E-state index contributed by atoms with van der Waals surface area (Å²) in [5, 5.41) is 3.30. The Hall–Kier alpha value is -0.170. The van der Waals surface area contributed by atoms with Crippen molar-refractivity contribution in [1.82, 2.24) is 14.3 Å². The molecule has 0 aromatic rings. The van der Waals surface area contributed by atoms with Crippen LogP contribution in [0.2, 0.25) is 0 Å². The molecule has 0 atom stereocenters. The second-order valence-corrected chi connectivity index (χ2v) is 7.29. The molecular weight excluding hydrogens is 250 g/mol. The molecule has 0 aromatic heterocycles. The first-order chi connectivity index (χ1) is 8.33. The van der Waals surface area contributed by atoms with E-state index < -0.39 is 10.2 Å². The van der Waals surface area contributed by atoms with Gasteiger partial charge in [-0.3, -0.25) is 0 Å². The van der Waals surface area contributed by atoms with Gasteiger partial charge in [-0.1, -0.05) is 0 Å². The van der Waals surface area contributed by atoms with Gasteiger partial charge in [0, 0.05) is 18.6 Å². The van der Waals surface area contributed by atoms with Crippen LogP contribution >= 0.6 is 0 Å². The molecule has 0 radical (unpaired) electrons. The van der Waals surface area contributed by atoms with Gasteiger partial charge in [-0.2, -0.15) is 17.4 Å². The van der Waals surface area contributed by atoms with E-state index in [1.807, 2.05) is 27.7 Å². The van der Waals surface area contributed by atoms with E-state index in [1.165, 1.54) is 0 Å². The van der Waals surface area contributed by atoms with Gasteiger partial charge in [-0.15, -0.1) is 0 Å². The van der Waals surface area contributed by atoms with Gasteiger partial charge in [0.2, 0.25) is 0 Å². The minimum atomic E-state index is -3.36. The highest BCUT2D eigenvalue weighted by Crippen LogP contribution is 2.17. The highest BCUT2D eigenvalue weighted by atomic mass is 32.2. The summed E-state index contributed by atoms with van der Waals surface area (Å²) in [6, 6.07) is -0.0691. The molecule has 0 spiro atoms. The maximum Gasteiger partial charge on any atom is 0.279 e. The topological polar surface area (TPSA) is 61.4 Å². The third-order valence-electron chi connectivity index (χ3n) is 3.17. The predicted molar refractivity (Wildman–Crippen MR) is 74.6 cm³/mol. The fourth-order valence-electron chi connectivity index (χ4n) is 2.27. The molecule has 1 saturated heterocycles. The summed E-state index contributed by atoms with van der Waals surface area (Å²) in [4.78, 5) is 0. The number of rotatable bonds is 6. The lowest BCUT2D eigenvalue weighted by Gasteiger charge is -2.32. The minimum absolute atomic E-state index is 0.00358. The fraction of sp³-hybridized carbons (Fsp3) is 1.00. The minimum Gasteiger partial charge on any atom is -0.317 e. The van der Waals surface area contributed by atoms with Crippen LogP contribution in [0.25, 0.3) is 0 Å². The van der Waals surface area contributed by atoms with E-state index in [1.54, 1.807) is 4.31 Å². The van der Waals surface area contributed by atoms with Crippen molar-refractivity contribution in [3.05, 3.63) is 0 Å². The average Bonchev–Trinajstić information content (AvgIpc) is 2.25. The van der Waals surface area contributed by atoms with E-state index in [4.69, 9.17) is 0 Å². The first-order valence-electron chi connectivity index (χ1n) is 6.82. The lowest BCUT2D eigenvalue weighted by molar-refractivity contribution is 0.257. The first-order valence-corrected chi connectivity index (χ1v) is 8.26. The third-order valence-corrected chi connectivity index (χ3v) is 5.12. The molecule has 0 aromatic carbocycles. The fourth-order valence-corrected chi connectivity index (χ4v) is 3.96. The Kier molecular flexibility index (Phi) is 6.04. The van der Waals surface area contributed by atoms with E-state index >= 15 is 0 Å². The van der Waals surface area contributed by atoms with E-state index in [0.29, 0.717) is 12.5 Å². The van der Waals surface area contributed by atoms with Crippen LogP contribution < -0.4 is 10.0 Å². The number of nitrogens with one attached hydrogen (secondary N) is 2. The lowest BCUT2D eigenvalue weighted by atomic mass is 9.98. The Bertz CT molecular complexity index is 335. The number of hydrogen-bond acceptors (Lipinski definition) is 3. The van der Waals surface area contributed by atoms with Gasteiger partial charge in [0.15, 0.2) is 0 Å². The number of hydrogen-bond donors (Lipinski definition) is 2. The van der Waals surface area contributed by atoms with E-state index in [9.17, 15) is 8.42 Å². The second kappa shape index (κ2) is 6.84. The van der Waals surface area contributed by atoms with Crippen LogP contribution in [0.5, 0.6) is 0 Å². The summed E-state index contributed by atoms with van der Waals surface area (Å²) < 4.78 is 28.8. The van der Waals surface area contributed by atoms with E-state index in [-0.39, 0.29) is 12.1 Å². The van der Waals surface area contributed by atoms with Gasteiger partial charge in [-0.05, 0) is 59.5 Å². The van der Waals surface area contributed by atoms with Crippen LogP contribution in [0, 0.1) is 5.92 Å². The van der Waals surface area contributed by atoms with Crippen molar-refractivity contribution in [2.45, 2.75) is 52.6 Å². The molecule has 1 fully saturated rings. The normalized spacial score (nSPS) is 19.1. The van der Waals surface area contributed by atoms with Crippen molar-refractivity contribution in [2.75, 3.05) is 19.6 Å². The van der Waals surface area contributed by atoms with Crippen molar-refractivity contribution >= 4 is 10.2 Å². The van der Waals surface area contributed by atoms with Crippen LogP contribution in [0.4, 0.5) is 0 Å². The molecule has 6 heteroatoms. The molecule has 1 heterocycles. The zero-order valence-corrected chi connectivity index (χ0v) is 12.8. The van der Waals surface area contributed by atoms with Crippen molar-refractivity contribution in [3.8, 4) is 0 Å². The standard InChI is InChI=1S/C12H27N3O2S/c1-10(2)14-18(16,17)15(11(3)4)9-12-5-7-13-8-6-12/h10-14H,5-9H2,1-4H3. The van der Waals surface area contributed by atoms with Crippen LogP contribution in [0.3, 0.4) is 0 Å². The summed E-state index contributed by atoms with van der Waals surface area (Å²) >= 11 is 0. The van der Waals surface area contributed by atoms with Crippen LogP contribution in [0.1, 0.15) is 40.5 Å². The zero-order valence-electron chi connectivity index (χ0n) is 11.9.